The highest BCUT2D eigenvalue weighted by Gasteiger charge is 2.19. The smallest absolute Gasteiger partial charge is 0.0973 e. The number of halogens is 2. The minimum absolute atomic E-state index is 0. The van der Waals surface area contributed by atoms with E-state index >= 15 is 0 Å². The van der Waals surface area contributed by atoms with Crippen molar-refractivity contribution < 1.29 is 0 Å². The van der Waals surface area contributed by atoms with Crippen LogP contribution < -0.4 is 5.32 Å². The van der Waals surface area contributed by atoms with Gasteiger partial charge in [-0.15, -0.1) is 23.7 Å². The van der Waals surface area contributed by atoms with Crippen LogP contribution in [0.4, 0.5) is 0 Å². The van der Waals surface area contributed by atoms with E-state index in [0.717, 1.165) is 17.4 Å². The number of rotatable bonds is 3. The average Bonchev–Trinajstić information content (AvgIpc) is 2.65. The molecular weight excluding hydrogens is 263 g/mol. The summed E-state index contributed by atoms with van der Waals surface area (Å²) in [5.74, 6) is 0. The van der Waals surface area contributed by atoms with Gasteiger partial charge < -0.3 is 5.32 Å². The summed E-state index contributed by atoms with van der Waals surface area (Å²) in [7, 11) is 2.05. The molecule has 92 valence electrons. The number of likely N-dealkylation sites (tertiary alicyclic amines) is 1. The van der Waals surface area contributed by atoms with Gasteiger partial charge in [0.25, 0.3) is 0 Å². The molecule has 1 fully saturated rings. The summed E-state index contributed by atoms with van der Waals surface area (Å²) in [5.41, 5.74) is 1.28. The number of hydrogen-bond acceptors (Lipinski definition) is 3. The first-order valence-electron chi connectivity index (χ1n) is 5.41. The Balaban J connectivity index is 0.00000128. The van der Waals surface area contributed by atoms with Crippen molar-refractivity contribution in [3.63, 3.8) is 0 Å². The van der Waals surface area contributed by atoms with E-state index in [-0.39, 0.29) is 12.4 Å². The van der Waals surface area contributed by atoms with Gasteiger partial charge in [-0.2, -0.15) is 0 Å². The SMILES string of the molecule is CNC1CCCN(Cc2ccsc2Cl)C1.Cl. The van der Waals surface area contributed by atoms with Crippen molar-refractivity contribution in [1.29, 1.82) is 0 Å². The van der Waals surface area contributed by atoms with Crippen molar-refractivity contribution in [2.24, 2.45) is 0 Å². The molecule has 1 unspecified atom stereocenters. The Morgan fingerprint density at radius 1 is 1.62 bits per heavy atom. The molecule has 0 aliphatic carbocycles. The summed E-state index contributed by atoms with van der Waals surface area (Å²) in [4.78, 5) is 2.48. The largest absolute Gasteiger partial charge is 0.316 e. The second kappa shape index (κ2) is 6.82. The molecule has 2 nitrogen and oxygen atoms in total. The number of likely N-dealkylation sites (N-methyl/N-ethyl adjacent to an activating group) is 1. The zero-order valence-electron chi connectivity index (χ0n) is 9.41. The first kappa shape index (κ1) is 14.3. The van der Waals surface area contributed by atoms with Crippen LogP contribution in [0.2, 0.25) is 4.34 Å². The lowest BCUT2D eigenvalue weighted by Crippen LogP contribution is -2.43. The second-order valence-corrected chi connectivity index (χ2v) is 5.60. The molecule has 2 heterocycles. The first-order chi connectivity index (χ1) is 7.29. The van der Waals surface area contributed by atoms with Crippen LogP contribution in [-0.2, 0) is 6.54 Å². The van der Waals surface area contributed by atoms with Gasteiger partial charge in [0.15, 0.2) is 0 Å². The molecule has 1 N–H and O–H groups in total. The van der Waals surface area contributed by atoms with E-state index in [4.69, 9.17) is 11.6 Å². The standard InChI is InChI=1S/C11H17ClN2S.ClH/c1-13-10-3-2-5-14(8-10)7-9-4-6-15-11(9)12;/h4,6,10,13H,2-3,5,7-8H2,1H3;1H. The predicted octanol–water partition coefficient (Wildman–Crippen LogP) is 3.01. The molecule has 1 aliphatic rings. The first-order valence-corrected chi connectivity index (χ1v) is 6.67. The lowest BCUT2D eigenvalue weighted by molar-refractivity contribution is 0.188. The summed E-state index contributed by atoms with van der Waals surface area (Å²) in [5, 5.41) is 5.42. The molecule has 5 heteroatoms. The van der Waals surface area contributed by atoms with Crippen LogP contribution in [0.15, 0.2) is 11.4 Å². The summed E-state index contributed by atoms with van der Waals surface area (Å²) < 4.78 is 0.946. The zero-order valence-corrected chi connectivity index (χ0v) is 11.8. The summed E-state index contributed by atoms with van der Waals surface area (Å²) >= 11 is 7.73. The number of nitrogens with one attached hydrogen (secondary N) is 1. The Kier molecular flexibility index (Phi) is 6.08. The Morgan fingerprint density at radius 2 is 2.44 bits per heavy atom. The maximum Gasteiger partial charge on any atom is 0.0973 e. The Labute approximate surface area is 112 Å². The quantitative estimate of drug-likeness (QED) is 0.916. The molecule has 1 aromatic heterocycles. The summed E-state index contributed by atoms with van der Waals surface area (Å²) in [6.45, 7) is 3.34. The summed E-state index contributed by atoms with van der Waals surface area (Å²) in [6, 6.07) is 2.78. The molecule has 0 saturated carbocycles. The van der Waals surface area contributed by atoms with Gasteiger partial charge in [-0.3, -0.25) is 4.90 Å². The van der Waals surface area contributed by atoms with Crippen molar-refractivity contribution in [3.05, 3.63) is 21.3 Å². The van der Waals surface area contributed by atoms with E-state index in [2.05, 4.69) is 21.7 Å². The third-order valence-corrected chi connectivity index (χ3v) is 4.25. The molecular formula is C11H18Cl2N2S. The van der Waals surface area contributed by atoms with Gasteiger partial charge in [-0.1, -0.05) is 11.6 Å². The zero-order chi connectivity index (χ0) is 10.7. The lowest BCUT2D eigenvalue weighted by Gasteiger charge is -2.32. The van der Waals surface area contributed by atoms with Gasteiger partial charge >= 0.3 is 0 Å². The van der Waals surface area contributed by atoms with E-state index < -0.39 is 0 Å². The van der Waals surface area contributed by atoms with Gasteiger partial charge in [0.05, 0.1) is 4.34 Å². The molecule has 0 radical (unpaired) electrons. The monoisotopic (exact) mass is 280 g/mol. The topological polar surface area (TPSA) is 15.3 Å². The van der Waals surface area contributed by atoms with Crippen LogP contribution in [0.25, 0.3) is 0 Å². The molecule has 1 atom stereocenters. The van der Waals surface area contributed by atoms with Gasteiger partial charge in [-0.05, 0) is 43.4 Å². The van der Waals surface area contributed by atoms with Crippen molar-refractivity contribution in [2.75, 3.05) is 20.1 Å². The summed E-state index contributed by atoms with van der Waals surface area (Å²) in [6.07, 6.45) is 2.58. The Bertz CT molecular complexity index is 317. The number of piperidine rings is 1. The van der Waals surface area contributed by atoms with Gasteiger partial charge in [0, 0.05) is 19.1 Å². The minimum atomic E-state index is 0. The third-order valence-electron chi connectivity index (χ3n) is 3.00. The lowest BCUT2D eigenvalue weighted by atomic mass is 10.1. The van der Waals surface area contributed by atoms with Crippen LogP contribution in [0.5, 0.6) is 0 Å². The minimum Gasteiger partial charge on any atom is -0.316 e. The molecule has 0 spiro atoms. The van der Waals surface area contributed by atoms with Crippen molar-refractivity contribution >= 4 is 35.3 Å². The maximum atomic E-state index is 6.11. The average molecular weight is 281 g/mol. The van der Waals surface area contributed by atoms with E-state index in [1.165, 1.54) is 24.9 Å². The Hall–Kier alpha value is 0.200. The molecule has 0 amide bonds. The molecule has 0 bridgehead atoms. The molecule has 2 rings (SSSR count). The highest BCUT2D eigenvalue weighted by molar-refractivity contribution is 7.14. The highest BCUT2D eigenvalue weighted by Crippen LogP contribution is 2.25. The van der Waals surface area contributed by atoms with Gasteiger partial charge in [0.2, 0.25) is 0 Å². The van der Waals surface area contributed by atoms with Crippen molar-refractivity contribution in [1.82, 2.24) is 10.2 Å². The second-order valence-electron chi connectivity index (χ2n) is 4.08. The third kappa shape index (κ3) is 3.60. The molecule has 1 saturated heterocycles. The van der Waals surface area contributed by atoms with E-state index in [1.807, 2.05) is 7.05 Å². The fourth-order valence-corrected chi connectivity index (χ4v) is 3.02. The van der Waals surface area contributed by atoms with Gasteiger partial charge in [0.1, 0.15) is 0 Å². The number of hydrogen-bond donors (Lipinski definition) is 1. The highest BCUT2D eigenvalue weighted by atomic mass is 35.5. The Morgan fingerprint density at radius 3 is 3.06 bits per heavy atom. The molecule has 0 aromatic carbocycles. The number of thiophene rings is 1. The van der Waals surface area contributed by atoms with E-state index in [0.29, 0.717) is 6.04 Å². The van der Waals surface area contributed by atoms with Crippen LogP contribution in [-0.4, -0.2) is 31.1 Å². The molecule has 1 aliphatic heterocycles. The molecule has 16 heavy (non-hydrogen) atoms. The number of nitrogens with zero attached hydrogens (tertiary/aromatic N) is 1. The van der Waals surface area contributed by atoms with E-state index in [1.54, 1.807) is 11.3 Å². The molecule has 1 aromatic rings. The van der Waals surface area contributed by atoms with E-state index in [9.17, 15) is 0 Å². The fraction of sp³-hybridized carbons (Fsp3) is 0.636. The predicted molar refractivity (Wildman–Crippen MR) is 73.9 cm³/mol. The maximum absolute atomic E-state index is 6.11. The fourth-order valence-electron chi connectivity index (χ4n) is 2.11. The van der Waals surface area contributed by atoms with Gasteiger partial charge in [-0.25, -0.2) is 0 Å². The van der Waals surface area contributed by atoms with Crippen LogP contribution in [0.1, 0.15) is 18.4 Å². The van der Waals surface area contributed by atoms with Crippen molar-refractivity contribution in [2.45, 2.75) is 25.4 Å². The normalized spacial score (nSPS) is 21.8. The van der Waals surface area contributed by atoms with Crippen LogP contribution in [0.3, 0.4) is 0 Å². The van der Waals surface area contributed by atoms with Crippen LogP contribution in [0, 0.1) is 0 Å². The van der Waals surface area contributed by atoms with Crippen molar-refractivity contribution in [3.8, 4) is 0 Å². The van der Waals surface area contributed by atoms with Crippen LogP contribution >= 0.6 is 35.3 Å².